The van der Waals surface area contributed by atoms with E-state index in [9.17, 15) is 4.39 Å². The van der Waals surface area contributed by atoms with Gasteiger partial charge < -0.3 is 10.5 Å². The number of benzene rings is 1. The molecule has 0 radical (unpaired) electrons. The third kappa shape index (κ3) is 3.88. The highest BCUT2D eigenvalue weighted by molar-refractivity contribution is 5.27. The molecular weight excluding hydrogens is 193 g/mol. The number of methoxy groups -OCH3 is 1. The zero-order valence-corrected chi connectivity index (χ0v) is 9.29. The van der Waals surface area contributed by atoms with Crippen LogP contribution in [0, 0.1) is 0 Å². The van der Waals surface area contributed by atoms with E-state index in [0.29, 0.717) is 12.8 Å². The standard InChI is InChI=1S/C12H18FNO/c1-12(13,9-14)8-7-10-3-5-11(15-2)6-4-10/h3-6H,7-9,14H2,1-2H3. The molecule has 1 aromatic rings. The largest absolute Gasteiger partial charge is 0.497 e. The SMILES string of the molecule is COc1ccc(CCC(C)(F)CN)cc1. The van der Waals surface area contributed by atoms with Gasteiger partial charge in [0, 0.05) is 6.54 Å². The minimum absolute atomic E-state index is 0.0726. The smallest absolute Gasteiger partial charge is 0.120 e. The number of alkyl halides is 1. The van der Waals surface area contributed by atoms with E-state index < -0.39 is 5.67 Å². The predicted octanol–water partition coefficient (Wildman–Crippen LogP) is 2.31. The molecule has 1 unspecified atom stereocenters. The van der Waals surface area contributed by atoms with Gasteiger partial charge in [0.15, 0.2) is 0 Å². The van der Waals surface area contributed by atoms with Crippen LogP contribution in [0.25, 0.3) is 0 Å². The number of hydrogen-bond acceptors (Lipinski definition) is 2. The summed E-state index contributed by atoms with van der Waals surface area (Å²) in [7, 11) is 1.63. The lowest BCUT2D eigenvalue weighted by molar-refractivity contribution is 0.186. The minimum Gasteiger partial charge on any atom is -0.497 e. The van der Waals surface area contributed by atoms with Crippen molar-refractivity contribution in [1.82, 2.24) is 0 Å². The zero-order valence-electron chi connectivity index (χ0n) is 9.29. The van der Waals surface area contributed by atoms with Gasteiger partial charge in [0.25, 0.3) is 0 Å². The summed E-state index contributed by atoms with van der Waals surface area (Å²) >= 11 is 0. The molecule has 0 saturated heterocycles. The van der Waals surface area contributed by atoms with E-state index in [1.165, 1.54) is 6.92 Å². The zero-order chi connectivity index (χ0) is 11.3. The van der Waals surface area contributed by atoms with Gasteiger partial charge >= 0.3 is 0 Å². The Hall–Kier alpha value is -1.09. The van der Waals surface area contributed by atoms with Gasteiger partial charge in [0.2, 0.25) is 0 Å². The second-order valence-electron chi connectivity index (χ2n) is 3.97. The van der Waals surface area contributed by atoms with E-state index in [0.717, 1.165) is 11.3 Å². The molecule has 1 aromatic carbocycles. The van der Waals surface area contributed by atoms with Crippen molar-refractivity contribution in [3.05, 3.63) is 29.8 Å². The second-order valence-corrected chi connectivity index (χ2v) is 3.97. The molecule has 0 aliphatic heterocycles. The van der Waals surface area contributed by atoms with Crippen molar-refractivity contribution >= 4 is 0 Å². The van der Waals surface area contributed by atoms with E-state index >= 15 is 0 Å². The van der Waals surface area contributed by atoms with E-state index in [2.05, 4.69) is 0 Å². The summed E-state index contributed by atoms with van der Waals surface area (Å²) in [5.41, 5.74) is 5.16. The summed E-state index contributed by atoms with van der Waals surface area (Å²) in [5.74, 6) is 0.820. The van der Waals surface area contributed by atoms with Crippen LogP contribution in [-0.4, -0.2) is 19.3 Å². The van der Waals surface area contributed by atoms with Gasteiger partial charge in [-0.1, -0.05) is 12.1 Å². The Morgan fingerprint density at radius 3 is 2.40 bits per heavy atom. The van der Waals surface area contributed by atoms with Crippen LogP contribution in [0.3, 0.4) is 0 Å². The van der Waals surface area contributed by atoms with Crippen LogP contribution in [0.1, 0.15) is 18.9 Å². The fourth-order valence-electron chi connectivity index (χ4n) is 1.30. The molecule has 2 nitrogen and oxygen atoms in total. The monoisotopic (exact) mass is 211 g/mol. The van der Waals surface area contributed by atoms with Crippen molar-refractivity contribution in [2.75, 3.05) is 13.7 Å². The van der Waals surface area contributed by atoms with Gasteiger partial charge in [0.1, 0.15) is 11.4 Å². The molecule has 0 spiro atoms. The van der Waals surface area contributed by atoms with Crippen LogP contribution >= 0.6 is 0 Å². The van der Waals surface area contributed by atoms with Crippen LogP contribution < -0.4 is 10.5 Å². The van der Waals surface area contributed by atoms with Crippen molar-refractivity contribution in [3.63, 3.8) is 0 Å². The maximum Gasteiger partial charge on any atom is 0.120 e. The summed E-state index contributed by atoms with van der Waals surface area (Å²) < 4.78 is 18.5. The van der Waals surface area contributed by atoms with Crippen LogP contribution in [0.5, 0.6) is 5.75 Å². The van der Waals surface area contributed by atoms with E-state index in [-0.39, 0.29) is 6.54 Å². The molecule has 0 bridgehead atoms. The first-order chi connectivity index (χ1) is 7.07. The van der Waals surface area contributed by atoms with Crippen molar-refractivity contribution in [2.45, 2.75) is 25.4 Å². The summed E-state index contributed by atoms with van der Waals surface area (Å²) in [6.07, 6.45) is 1.16. The molecule has 0 aromatic heterocycles. The lowest BCUT2D eigenvalue weighted by Gasteiger charge is -2.17. The first-order valence-electron chi connectivity index (χ1n) is 5.09. The molecule has 0 amide bonds. The fraction of sp³-hybridized carbons (Fsp3) is 0.500. The number of rotatable bonds is 5. The summed E-state index contributed by atoms with van der Waals surface area (Å²) in [4.78, 5) is 0. The summed E-state index contributed by atoms with van der Waals surface area (Å²) in [5, 5.41) is 0. The molecule has 1 atom stereocenters. The minimum atomic E-state index is -1.26. The molecule has 0 saturated carbocycles. The predicted molar refractivity (Wildman–Crippen MR) is 59.9 cm³/mol. The molecule has 0 fully saturated rings. The van der Waals surface area contributed by atoms with Crippen molar-refractivity contribution in [2.24, 2.45) is 5.73 Å². The number of nitrogens with two attached hydrogens (primary N) is 1. The Bertz CT molecular complexity index is 295. The third-order valence-electron chi connectivity index (χ3n) is 2.52. The first-order valence-corrected chi connectivity index (χ1v) is 5.09. The Morgan fingerprint density at radius 1 is 1.33 bits per heavy atom. The highest BCUT2D eigenvalue weighted by Gasteiger charge is 2.20. The first kappa shape index (κ1) is 12.0. The topological polar surface area (TPSA) is 35.2 Å². The molecule has 0 aliphatic rings. The number of ether oxygens (including phenoxy) is 1. The van der Waals surface area contributed by atoms with Gasteiger partial charge in [-0.05, 0) is 37.5 Å². The molecule has 0 heterocycles. The number of hydrogen-bond donors (Lipinski definition) is 1. The summed E-state index contributed by atoms with van der Waals surface area (Å²) in [6, 6.07) is 7.66. The van der Waals surface area contributed by atoms with Gasteiger partial charge in [-0.25, -0.2) is 4.39 Å². The van der Waals surface area contributed by atoms with Gasteiger partial charge in [-0.15, -0.1) is 0 Å². The lowest BCUT2D eigenvalue weighted by atomic mass is 9.99. The van der Waals surface area contributed by atoms with Crippen LogP contribution in [-0.2, 0) is 6.42 Å². The maximum absolute atomic E-state index is 13.5. The van der Waals surface area contributed by atoms with Gasteiger partial charge in [0.05, 0.1) is 7.11 Å². The van der Waals surface area contributed by atoms with E-state index in [1.807, 2.05) is 24.3 Å². The Morgan fingerprint density at radius 2 is 1.93 bits per heavy atom. The van der Waals surface area contributed by atoms with Crippen LogP contribution in [0.15, 0.2) is 24.3 Å². The van der Waals surface area contributed by atoms with Crippen LogP contribution in [0.2, 0.25) is 0 Å². The quantitative estimate of drug-likeness (QED) is 0.811. The average molecular weight is 211 g/mol. The maximum atomic E-state index is 13.5. The molecule has 3 heteroatoms. The average Bonchev–Trinajstić information content (AvgIpc) is 2.27. The molecule has 2 N–H and O–H groups in total. The van der Waals surface area contributed by atoms with Crippen molar-refractivity contribution < 1.29 is 9.13 Å². The van der Waals surface area contributed by atoms with Gasteiger partial charge in [-0.3, -0.25) is 0 Å². The molecule has 84 valence electrons. The fourth-order valence-corrected chi connectivity index (χ4v) is 1.30. The van der Waals surface area contributed by atoms with E-state index in [4.69, 9.17) is 10.5 Å². The van der Waals surface area contributed by atoms with Crippen LogP contribution in [0.4, 0.5) is 4.39 Å². The normalized spacial score (nSPS) is 14.7. The number of aryl methyl sites for hydroxylation is 1. The second kappa shape index (κ2) is 5.12. The highest BCUT2D eigenvalue weighted by atomic mass is 19.1. The van der Waals surface area contributed by atoms with Gasteiger partial charge in [-0.2, -0.15) is 0 Å². The summed E-state index contributed by atoms with van der Waals surface area (Å²) in [6.45, 7) is 1.61. The Kier molecular flexibility index (Phi) is 4.09. The Balaban J connectivity index is 2.51. The Labute approximate surface area is 90.2 Å². The number of halogens is 1. The highest BCUT2D eigenvalue weighted by Crippen LogP contribution is 2.18. The molecular formula is C12H18FNO. The molecule has 0 aliphatic carbocycles. The third-order valence-corrected chi connectivity index (χ3v) is 2.52. The van der Waals surface area contributed by atoms with Crippen molar-refractivity contribution in [3.8, 4) is 5.75 Å². The molecule has 15 heavy (non-hydrogen) atoms. The van der Waals surface area contributed by atoms with Crippen molar-refractivity contribution in [1.29, 1.82) is 0 Å². The lowest BCUT2D eigenvalue weighted by Crippen LogP contribution is -2.29. The molecule has 1 rings (SSSR count). The van der Waals surface area contributed by atoms with E-state index in [1.54, 1.807) is 7.11 Å².